The van der Waals surface area contributed by atoms with Crippen LogP contribution in [0.5, 0.6) is 0 Å². The predicted molar refractivity (Wildman–Crippen MR) is 112 cm³/mol. The topological polar surface area (TPSA) is 81.2 Å². The fraction of sp³-hybridized carbons (Fsp3) is 0.600. The molecule has 1 aliphatic heterocycles. The maximum absolute atomic E-state index is 13.0. The minimum atomic E-state index is -3.64. The first-order chi connectivity index (χ1) is 13.7. The molecule has 2 amide bonds. The Morgan fingerprint density at radius 1 is 0.966 bits per heavy atom. The van der Waals surface area contributed by atoms with Crippen molar-refractivity contribution in [3.05, 3.63) is 29.8 Å². The van der Waals surface area contributed by atoms with Crippen molar-refractivity contribution >= 4 is 21.8 Å². The van der Waals surface area contributed by atoms with E-state index < -0.39 is 10.0 Å². The fourth-order valence-electron chi connectivity index (χ4n) is 3.29. The predicted octanol–water partition coefficient (Wildman–Crippen LogP) is 0.953. The van der Waals surface area contributed by atoms with E-state index in [2.05, 4.69) is 0 Å². The Morgan fingerprint density at radius 2 is 1.59 bits per heavy atom. The quantitative estimate of drug-likeness (QED) is 0.651. The van der Waals surface area contributed by atoms with Crippen molar-refractivity contribution in [1.82, 2.24) is 19.0 Å². The monoisotopic (exact) mass is 424 g/mol. The Balaban J connectivity index is 2.08. The lowest BCUT2D eigenvalue weighted by atomic mass is 10.2. The first-order valence-corrected chi connectivity index (χ1v) is 11.5. The highest BCUT2D eigenvalue weighted by atomic mass is 32.2. The van der Waals surface area contributed by atoms with Crippen molar-refractivity contribution in [3.63, 3.8) is 0 Å². The highest BCUT2D eigenvalue weighted by molar-refractivity contribution is 7.89. The molecule has 1 heterocycles. The minimum Gasteiger partial charge on any atom is -0.348 e. The van der Waals surface area contributed by atoms with Gasteiger partial charge in [0.1, 0.15) is 0 Å². The number of benzene rings is 1. The number of carbonyl (C=O) groups is 2. The van der Waals surface area contributed by atoms with Gasteiger partial charge in [-0.15, -0.1) is 0 Å². The van der Waals surface area contributed by atoms with Crippen molar-refractivity contribution in [1.29, 1.82) is 0 Å². The van der Waals surface area contributed by atoms with Crippen LogP contribution in [-0.2, 0) is 14.8 Å². The van der Waals surface area contributed by atoms with Crippen LogP contribution in [0, 0.1) is 0 Å². The average Bonchev–Trinajstić information content (AvgIpc) is 2.95. The third-order valence-electron chi connectivity index (χ3n) is 5.19. The van der Waals surface area contributed by atoms with Crippen LogP contribution in [0.15, 0.2) is 29.2 Å². The number of rotatable bonds is 7. The normalized spacial score (nSPS) is 16.3. The second-order valence-electron chi connectivity index (χ2n) is 7.32. The van der Waals surface area contributed by atoms with Gasteiger partial charge in [0.05, 0.1) is 11.4 Å². The number of sulfonamides is 1. The maximum Gasteiger partial charge on any atom is 0.253 e. The Bertz CT molecular complexity index is 804. The van der Waals surface area contributed by atoms with E-state index in [-0.39, 0.29) is 16.7 Å². The summed E-state index contributed by atoms with van der Waals surface area (Å²) in [6.07, 6.45) is 0.665. The van der Waals surface area contributed by atoms with Crippen LogP contribution in [0.4, 0.5) is 0 Å². The van der Waals surface area contributed by atoms with Gasteiger partial charge in [0, 0.05) is 52.4 Å². The summed E-state index contributed by atoms with van der Waals surface area (Å²) in [6, 6.07) is 6.16. The molecule has 162 valence electrons. The molecule has 29 heavy (non-hydrogen) atoms. The van der Waals surface area contributed by atoms with Crippen molar-refractivity contribution in [2.24, 2.45) is 0 Å². The number of likely N-dealkylation sites (N-methyl/N-ethyl adjacent to an activating group) is 1. The van der Waals surface area contributed by atoms with Gasteiger partial charge in [0.2, 0.25) is 15.9 Å². The molecule has 0 N–H and O–H groups in total. The average molecular weight is 425 g/mol. The molecule has 0 saturated carbocycles. The van der Waals surface area contributed by atoms with Crippen LogP contribution >= 0.6 is 0 Å². The van der Waals surface area contributed by atoms with Gasteiger partial charge in [-0.2, -0.15) is 4.31 Å². The van der Waals surface area contributed by atoms with Crippen molar-refractivity contribution in [3.8, 4) is 0 Å². The van der Waals surface area contributed by atoms with Crippen LogP contribution < -0.4 is 0 Å². The van der Waals surface area contributed by atoms with Crippen molar-refractivity contribution < 1.29 is 18.0 Å². The van der Waals surface area contributed by atoms with Gasteiger partial charge in [-0.1, -0.05) is 0 Å². The number of amides is 2. The van der Waals surface area contributed by atoms with Crippen LogP contribution in [0.1, 0.15) is 30.6 Å². The van der Waals surface area contributed by atoms with E-state index >= 15 is 0 Å². The van der Waals surface area contributed by atoms with E-state index in [9.17, 15) is 18.0 Å². The first kappa shape index (κ1) is 23.3. The Labute approximate surface area is 174 Å². The first-order valence-electron chi connectivity index (χ1n) is 10.0. The van der Waals surface area contributed by atoms with Crippen LogP contribution in [0.3, 0.4) is 0 Å². The summed E-state index contributed by atoms with van der Waals surface area (Å²) in [5.41, 5.74) is 0.483. The van der Waals surface area contributed by atoms with Crippen LogP contribution in [-0.4, -0.2) is 99.1 Å². The molecule has 1 aromatic rings. The summed E-state index contributed by atoms with van der Waals surface area (Å²) in [7, 11) is -0.213. The maximum atomic E-state index is 13.0. The zero-order chi connectivity index (χ0) is 21.6. The Morgan fingerprint density at radius 3 is 2.14 bits per heavy atom. The third-order valence-corrected chi connectivity index (χ3v) is 7.11. The molecular weight excluding hydrogens is 392 g/mol. The lowest BCUT2D eigenvalue weighted by Crippen LogP contribution is -2.39. The van der Waals surface area contributed by atoms with E-state index in [1.54, 1.807) is 36.0 Å². The molecule has 8 nitrogen and oxygen atoms in total. The lowest BCUT2D eigenvalue weighted by molar-refractivity contribution is -0.129. The van der Waals surface area contributed by atoms with Crippen LogP contribution in [0.2, 0.25) is 0 Å². The van der Waals surface area contributed by atoms with E-state index in [1.807, 2.05) is 18.7 Å². The van der Waals surface area contributed by atoms with Gasteiger partial charge in [-0.25, -0.2) is 8.42 Å². The summed E-state index contributed by atoms with van der Waals surface area (Å²) >= 11 is 0. The van der Waals surface area contributed by atoms with Gasteiger partial charge < -0.3 is 9.80 Å². The molecule has 0 bridgehead atoms. The van der Waals surface area contributed by atoms with Gasteiger partial charge >= 0.3 is 0 Å². The van der Waals surface area contributed by atoms with Gasteiger partial charge in [0.25, 0.3) is 5.91 Å². The molecule has 9 heteroatoms. The van der Waals surface area contributed by atoms with E-state index in [4.69, 9.17) is 0 Å². The highest BCUT2D eigenvalue weighted by Gasteiger charge is 2.28. The highest BCUT2D eigenvalue weighted by Crippen LogP contribution is 2.19. The molecule has 0 atom stereocenters. The molecule has 1 aliphatic rings. The zero-order valence-electron chi connectivity index (χ0n) is 17.8. The zero-order valence-corrected chi connectivity index (χ0v) is 18.6. The van der Waals surface area contributed by atoms with E-state index in [0.717, 1.165) is 0 Å². The lowest BCUT2D eigenvalue weighted by Gasteiger charge is -2.23. The summed E-state index contributed by atoms with van der Waals surface area (Å²) in [6.45, 7) is 7.28. The van der Waals surface area contributed by atoms with Crippen molar-refractivity contribution in [2.45, 2.75) is 25.2 Å². The van der Waals surface area contributed by atoms with E-state index in [1.165, 1.54) is 16.4 Å². The number of hydrogen-bond acceptors (Lipinski definition) is 5. The Kier molecular flexibility index (Phi) is 8.18. The van der Waals surface area contributed by atoms with E-state index in [0.29, 0.717) is 57.8 Å². The molecule has 0 radical (unpaired) electrons. The standard InChI is InChI=1S/C20H32N4O4S/c1-5-23(6-2)20(26)17-8-10-18(11-9-17)29(27,28)24-13-7-12-22(14-15-24)16-19(25)21(3)4/h8-11H,5-7,12-16H2,1-4H3. The van der Waals surface area contributed by atoms with Gasteiger partial charge in [0.15, 0.2) is 0 Å². The number of nitrogens with zero attached hydrogens (tertiary/aromatic N) is 4. The number of hydrogen-bond donors (Lipinski definition) is 0. The van der Waals surface area contributed by atoms with Crippen LogP contribution in [0.25, 0.3) is 0 Å². The minimum absolute atomic E-state index is 0.00904. The Hall–Kier alpha value is -1.97. The summed E-state index contributed by atoms with van der Waals surface area (Å²) < 4.78 is 27.5. The van der Waals surface area contributed by atoms with Gasteiger partial charge in [-0.05, 0) is 51.1 Å². The molecule has 1 aromatic carbocycles. The fourth-order valence-corrected chi connectivity index (χ4v) is 4.76. The largest absolute Gasteiger partial charge is 0.348 e. The molecule has 0 spiro atoms. The summed E-state index contributed by atoms with van der Waals surface area (Å²) in [5.74, 6) is -0.0929. The van der Waals surface area contributed by atoms with Crippen molar-refractivity contribution in [2.75, 3.05) is 59.9 Å². The smallest absolute Gasteiger partial charge is 0.253 e. The molecule has 2 rings (SSSR count). The van der Waals surface area contributed by atoms with Gasteiger partial charge in [-0.3, -0.25) is 14.5 Å². The molecule has 0 aromatic heterocycles. The molecule has 1 saturated heterocycles. The molecule has 0 unspecified atom stereocenters. The third kappa shape index (κ3) is 5.77. The second kappa shape index (κ2) is 10.2. The second-order valence-corrected chi connectivity index (χ2v) is 9.26. The summed E-state index contributed by atoms with van der Waals surface area (Å²) in [5, 5.41) is 0. The molecular formula is C20H32N4O4S. The molecule has 0 aliphatic carbocycles. The SMILES string of the molecule is CCN(CC)C(=O)c1ccc(S(=O)(=O)N2CCCN(CC(=O)N(C)C)CC2)cc1. The summed E-state index contributed by atoms with van der Waals surface area (Å²) in [4.78, 5) is 29.8. The molecule has 1 fully saturated rings. The number of carbonyl (C=O) groups excluding carboxylic acids is 2.